The van der Waals surface area contributed by atoms with Gasteiger partial charge in [0.15, 0.2) is 0 Å². The number of benzene rings is 1. The zero-order chi connectivity index (χ0) is 11.6. The number of hydrogen-bond acceptors (Lipinski definition) is 2. The van der Waals surface area contributed by atoms with Crippen molar-refractivity contribution < 1.29 is 4.39 Å². The SMILES string of the molecule is CN1CCC(CN)(c2ccccc2F)CC1. The van der Waals surface area contributed by atoms with Crippen molar-refractivity contribution in [1.82, 2.24) is 4.90 Å². The Labute approximate surface area is 96.2 Å². The van der Waals surface area contributed by atoms with Gasteiger partial charge in [-0.1, -0.05) is 18.2 Å². The molecular formula is C13H19FN2. The van der Waals surface area contributed by atoms with Crippen LogP contribution in [-0.2, 0) is 5.41 Å². The molecule has 0 aliphatic carbocycles. The maximum atomic E-state index is 13.8. The predicted octanol–water partition coefficient (Wildman–Crippen LogP) is 1.75. The Bertz CT molecular complexity index is 357. The van der Waals surface area contributed by atoms with Crippen LogP contribution in [0.3, 0.4) is 0 Å². The number of nitrogens with two attached hydrogens (primary N) is 1. The number of hydrogen-bond donors (Lipinski definition) is 1. The van der Waals surface area contributed by atoms with Gasteiger partial charge in [-0.25, -0.2) is 4.39 Å². The molecule has 1 saturated heterocycles. The molecule has 1 aromatic rings. The van der Waals surface area contributed by atoms with Crippen LogP contribution >= 0.6 is 0 Å². The fourth-order valence-corrected chi connectivity index (χ4v) is 2.52. The third kappa shape index (κ3) is 1.97. The third-order valence-electron chi connectivity index (χ3n) is 3.78. The van der Waals surface area contributed by atoms with Crippen LogP contribution < -0.4 is 5.73 Å². The van der Waals surface area contributed by atoms with Gasteiger partial charge < -0.3 is 10.6 Å². The Kier molecular flexibility index (Phi) is 3.26. The number of likely N-dealkylation sites (tertiary alicyclic amines) is 1. The van der Waals surface area contributed by atoms with Crippen LogP contribution in [0, 0.1) is 5.82 Å². The molecule has 88 valence electrons. The second-order valence-electron chi connectivity index (χ2n) is 4.77. The minimum absolute atomic E-state index is 0.113. The van der Waals surface area contributed by atoms with Crippen LogP contribution in [0.2, 0.25) is 0 Å². The summed E-state index contributed by atoms with van der Waals surface area (Å²) in [6.07, 6.45) is 1.89. The first-order valence-electron chi connectivity index (χ1n) is 5.81. The van der Waals surface area contributed by atoms with Gasteiger partial charge >= 0.3 is 0 Å². The molecule has 0 saturated carbocycles. The summed E-state index contributed by atoms with van der Waals surface area (Å²) in [6.45, 7) is 2.51. The van der Waals surface area contributed by atoms with Crippen molar-refractivity contribution in [2.24, 2.45) is 5.73 Å². The predicted molar refractivity (Wildman–Crippen MR) is 63.9 cm³/mol. The Morgan fingerprint density at radius 3 is 2.50 bits per heavy atom. The second-order valence-corrected chi connectivity index (χ2v) is 4.77. The monoisotopic (exact) mass is 222 g/mol. The molecule has 0 amide bonds. The summed E-state index contributed by atoms with van der Waals surface area (Å²) in [6, 6.07) is 7.05. The van der Waals surface area contributed by atoms with Gasteiger partial charge in [-0.15, -0.1) is 0 Å². The Hall–Kier alpha value is -0.930. The van der Waals surface area contributed by atoms with E-state index in [9.17, 15) is 4.39 Å². The van der Waals surface area contributed by atoms with E-state index in [-0.39, 0.29) is 11.2 Å². The van der Waals surface area contributed by atoms with Gasteiger partial charge in [0.05, 0.1) is 0 Å². The zero-order valence-electron chi connectivity index (χ0n) is 9.75. The molecular weight excluding hydrogens is 203 g/mol. The van der Waals surface area contributed by atoms with Crippen LogP contribution in [0.15, 0.2) is 24.3 Å². The van der Waals surface area contributed by atoms with E-state index in [1.54, 1.807) is 6.07 Å². The average Bonchev–Trinajstić information content (AvgIpc) is 2.32. The number of halogens is 1. The molecule has 0 spiro atoms. The van der Waals surface area contributed by atoms with E-state index >= 15 is 0 Å². The van der Waals surface area contributed by atoms with Crippen LogP contribution in [0.5, 0.6) is 0 Å². The van der Waals surface area contributed by atoms with Gasteiger partial charge in [-0.05, 0) is 44.6 Å². The molecule has 0 radical (unpaired) electrons. The van der Waals surface area contributed by atoms with Gasteiger partial charge in [0.2, 0.25) is 0 Å². The molecule has 0 unspecified atom stereocenters. The molecule has 3 heteroatoms. The summed E-state index contributed by atoms with van der Waals surface area (Å²) in [5.41, 5.74) is 6.54. The molecule has 2 nitrogen and oxygen atoms in total. The van der Waals surface area contributed by atoms with Gasteiger partial charge in [0, 0.05) is 12.0 Å². The lowest BCUT2D eigenvalue weighted by atomic mass is 9.72. The van der Waals surface area contributed by atoms with Crippen LogP contribution in [0.25, 0.3) is 0 Å². The van der Waals surface area contributed by atoms with E-state index < -0.39 is 0 Å². The first-order chi connectivity index (χ1) is 7.68. The quantitative estimate of drug-likeness (QED) is 0.826. The maximum absolute atomic E-state index is 13.8. The molecule has 2 N–H and O–H groups in total. The molecule has 0 atom stereocenters. The lowest BCUT2D eigenvalue weighted by Gasteiger charge is -2.40. The average molecular weight is 222 g/mol. The van der Waals surface area contributed by atoms with Crippen LogP contribution in [-0.4, -0.2) is 31.6 Å². The van der Waals surface area contributed by atoms with E-state index in [4.69, 9.17) is 5.73 Å². The van der Waals surface area contributed by atoms with E-state index in [1.165, 1.54) is 6.07 Å². The summed E-state index contributed by atoms with van der Waals surface area (Å²) in [7, 11) is 2.10. The summed E-state index contributed by atoms with van der Waals surface area (Å²) < 4.78 is 13.8. The highest BCUT2D eigenvalue weighted by Crippen LogP contribution is 2.35. The van der Waals surface area contributed by atoms with Crippen LogP contribution in [0.4, 0.5) is 4.39 Å². The fraction of sp³-hybridized carbons (Fsp3) is 0.538. The maximum Gasteiger partial charge on any atom is 0.127 e. The molecule has 2 rings (SSSR count). The van der Waals surface area contributed by atoms with Gasteiger partial charge in [0.25, 0.3) is 0 Å². The highest BCUT2D eigenvalue weighted by Gasteiger charge is 2.35. The summed E-state index contributed by atoms with van der Waals surface area (Å²) in [5.74, 6) is -0.113. The highest BCUT2D eigenvalue weighted by molar-refractivity contribution is 5.28. The van der Waals surface area contributed by atoms with E-state index in [2.05, 4.69) is 11.9 Å². The largest absolute Gasteiger partial charge is 0.330 e. The Morgan fingerprint density at radius 1 is 1.31 bits per heavy atom. The number of piperidine rings is 1. The van der Waals surface area contributed by atoms with Crippen molar-refractivity contribution in [3.8, 4) is 0 Å². The van der Waals surface area contributed by atoms with Crippen molar-refractivity contribution >= 4 is 0 Å². The second kappa shape index (κ2) is 4.52. The lowest BCUT2D eigenvalue weighted by Crippen LogP contribution is -2.45. The van der Waals surface area contributed by atoms with E-state index in [0.717, 1.165) is 31.5 Å². The normalized spacial score (nSPS) is 20.9. The standard InChI is InChI=1S/C13H19FN2/c1-16-8-6-13(10-15,7-9-16)11-4-2-3-5-12(11)14/h2-5H,6-10,15H2,1H3. The Balaban J connectivity index is 2.32. The number of rotatable bonds is 2. The molecule has 1 fully saturated rings. The molecule has 0 bridgehead atoms. The zero-order valence-corrected chi connectivity index (χ0v) is 9.75. The molecule has 1 aliphatic heterocycles. The molecule has 16 heavy (non-hydrogen) atoms. The topological polar surface area (TPSA) is 29.3 Å². The highest BCUT2D eigenvalue weighted by atomic mass is 19.1. The summed E-state index contributed by atoms with van der Waals surface area (Å²) in [5, 5.41) is 0. The molecule has 1 aromatic carbocycles. The van der Waals surface area contributed by atoms with Crippen LogP contribution in [0.1, 0.15) is 18.4 Å². The third-order valence-corrected chi connectivity index (χ3v) is 3.78. The summed E-state index contributed by atoms with van der Waals surface area (Å²) >= 11 is 0. The van der Waals surface area contributed by atoms with Gasteiger partial charge in [-0.3, -0.25) is 0 Å². The smallest absolute Gasteiger partial charge is 0.127 e. The summed E-state index contributed by atoms with van der Waals surface area (Å²) in [4.78, 5) is 2.27. The number of nitrogens with zero attached hydrogens (tertiary/aromatic N) is 1. The van der Waals surface area contributed by atoms with Gasteiger partial charge in [0.1, 0.15) is 5.82 Å². The van der Waals surface area contributed by atoms with Crippen molar-refractivity contribution in [2.45, 2.75) is 18.3 Å². The first-order valence-corrected chi connectivity index (χ1v) is 5.81. The van der Waals surface area contributed by atoms with E-state index in [0.29, 0.717) is 6.54 Å². The lowest BCUT2D eigenvalue weighted by molar-refractivity contribution is 0.188. The molecule has 1 heterocycles. The van der Waals surface area contributed by atoms with E-state index in [1.807, 2.05) is 12.1 Å². The van der Waals surface area contributed by atoms with Crippen molar-refractivity contribution in [3.05, 3.63) is 35.6 Å². The van der Waals surface area contributed by atoms with Crippen molar-refractivity contribution in [2.75, 3.05) is 26.7 Å². The molecule has 1 aliphatic rings. The molecule has 0 aromatic heterocycles. The van der Waals surface area contributed by atoms with Crippen molar-refractivity contribution in [3.63, 3.8) is 0 Å². The van der Waals surface area contributed by atoms with Crippen molar-refractivity contribution in [1.29, 1.82) is 0 Å². The minimum atomic E-state index is -0.155. The Morgan fingerprint density at radius 2 is 1.94 bits per heavy atom. The minimum Gasteiger partial charge on any atom is -0.330 e. The van der Waals surface area contributed by atoms with Gasteiger partial charge in [-0.2, -0.15) is 0 Å². The first kappa shape index (κ1) is 11.6. The fourth-order valence-electron chi connectivity index (χ4n) is 2.52.